The van der Waals surface area contributed by atoms with Gasteiger partial charge in [0.15, 0.2) is 0 Å². The minimum atomic E-state index is 0. The first kappa shape index (κ1) is 25.7. The molecule has 3 aliphatic heterocycles. The van der Waals surface area contributed by atoms with Gasteiger partial charge in [0.2, 0.25) is 0 Å². The van der Waals surface area contributed by atoms with Gasteiger partial charge in [-0.2, -0.15) is 0 Å². The fourth-order valence-corrected chi connectivity index (χ4v) is 6.21. The number of imidazole rings is 1. The summed E-state index contributed by atoms with van der Waals surface area (Å²) in [5.74, 6) is 1.28. The summed E-state index contributed by atoms with van der Waals surface area (Å²) >= 11 is 0. The molecular formula is C30H45N7O. The monoisotopic (exact) mass is 519 g/mol. The molecule has 0 saturated carbocycles. The maximum absolute atomic E-state index is 5.68. The Balaban J connectivity index is 0.00000308. The molecule has 0 radical (unpaired) electrons. The zero-order valence-corrected chi connectivity index (χ0v) is 23.0. The number of rotatable bonds is 5. The van der Waals surface area contributed by atoms with Crippen molar-refractivity contribution in [1.82, 2.24) is 29.1 Å². The van der Waals surface area contributed by atoms with Gasteiger partial charge in [-0.1, -0.05) is 25.0 Å². The Bertz CT molecular complexity index is 1200. The van der Waals surface area contributed by atoms with Crippen molar-refractivity contribution >= 4 is 11.5 Å². The second kappa shape index (κ2) is 12.1. The minimum Gasteiger partial charge on any atom is -0.379 e. The quantitative estimate of drug-likeness (QED) is 0.510. The highest BCUT2D eigenvalue weighted by atomic mass is 16.5. The SMILES string of the molecule is CN1CCN(c2cccc3nc(CN4CCCCCCc5cccnc5C4)c(CN4CCOCC4)n23)CC1.[HH]. The standard InChI is InChI=1S/C30H43N7O.H2/c1-33-14-16-36(17-15-33)30-11-6-10-29-32-27(28(37(29)30)24-34-18-20-38-21-19-34)23-35-13-5-3-2-4-8-25-9-7-12-31-26(25)22-35;/h6-7,9-12H,2-5,8,13-24H2,1H3;1H. The molecule has 2 fully saturated rings. The molecule has 3 aromatic heterocycles. The van der Waals surface area contributed by atoms with Crippen molar-refractivity contribution in [3.05, 3.63) is 59.2 Å². The fraction of sp³-hybridized carbons (Fsp3) is 0.600. The van der Waals surface area contributed by atoms with E-state index in [9.17, 15) is 0 Å². The van der Waals surface area contributed by atoms with Crippen molar-refractivity contribution in [3.8, 4) is 0 Å². The molecule has 0 N–H and O–H groups in total. The molecule has 38 heavy (non-hydrogen) atoms. The highest BCUT2D eigenvalue weighted by Crippen LogP contribution is 2.26. The van der Waals surface area contributed by atoms with Crippen LogP contribution in [0.2, 0.25) is 0 Å². The van der Waals surface area contributed by atoms with Gasteiger partial charge in [0.1, 0.15) is 11.5 Å². The lowest BCUT2D eigenvalue weighted by Crippen LogP contribution is -2.45. The summed E-state index contributed by atoms with van der Waals surface area (Å²) in [4.78, 5) is 20.2. The molecule has 3 aromatic rings. The van der Waals surface area contributed by atoms with E-state index in [0.29, 0.717) is 0 Å². The smallest absolute Gasteiger partial charge is 0.138 e. The van der Waals surface area contributed by atoms with Gasteiger partial charge in [-0.15, -0.1) is 0 Å². The molecule has 8 nitrogen and oxygen atoms in total. The van der Waals surface area contributed by atoms with E-state index in [2.05, 4.69) is 61.4 Å². The molecule has 0 aromatic carbocycles. The van der Waals surface area contributed by atoms with Crippen molar-refractivity contribution in [3.63, 3.8) is 0 Å². The Labute approximate surface area is 228 Å². The highest BCUT2D eigenvalue weighted by molar-refractivity contribution is 5.55. The van der Waals surface area contributed by atoms with E-state index in [1.807, 2.05) is 6.20 Å². The third-order valence-corrected chi connectivity index (χ3v) is 8.51. The molecule has 6 heterocycles. The van der Waals surface area contributed by atoms with Crippen LogP contribution in [0.4, 0.5) is 5.82 Å². The Morgan fingerprint density at radius 2 is 1.68 bits per heavy atom. The number of ether oxygens (including phenoxy) is 1. The first-order valence-corrected chi connectivity index (χ1v) is 14.6. The number of fused-ring (bicyclic) bond motifs is 2. The number of piperazine rings is 1. The van der Waals surface area contributed by atoms with Crippen LogP contribution >= 0.6 is 0 Å². The minimum absolute atomic E-state index is 0. The molecule has 0 spiro atoms. The zero-order chi connectivity index (χ0) is 25.7. The largest absolute Gasteiger partial charge is 0.379 e. The van der Waals surface area contributed by atoms with Gasteiger partial charge in [-0.05, 0) is 56.6 Å². The maximum Gasteiger partial charge on any atom is 0.138 e. The summed E-state index contributed by atoms with van der Waals surface area (Å²) in [6, 6.07) is 11.0. The van der Waals surface area contributed by atoms with Crippen LogP contribution in [0, 0.1) is 0 Å². The van der Waals surface area contributed by atoms with E-state index in [0.717, 1.165) is 90.7 Å². The van der Waals surface area contributed by atoms with Crippen molar-refractivity contribution < 1.29 is 6.16 Å². The first-order valence-electron chi connectivity index (χ1n) is 14.6. The first-order chi connectivity index (χ1) is 18.7. The van der Waals surface area contributed by atoms with Crippen molar-refractivity contribution in [2.75, 3.05) is 71.0 Å². The average molecular weight is 520 g/mol. The van der Waals surface area contributed by atoms with Gasteiger partial charge < -0.3 is 14.5 Å². The summed E-state index contributed by atoms with van der Waals surface area (Å²) < 4.78 is 8.14. The van der Waals surface area contributed by atoms with Crippen molar-refractivity contribution in [2.24, 2.45) is 0 Å². The molecule has 6 rings (SSSR count). The molecule has 0 unspecified atom stereocenters. The van der Waals surface area contributed by atoms with Crippen LogP contribution in [-0.2, 0) is 30.8 Å². The Hall–Kier alpha value is -2.52. The fourth-order valence-electron chi connectivity index (χ4n) is 6.21. The predicted molar refractivity (Wildman–Crippen MR) is 154 cm³/mol. The second-order valence-corrected chi connectivity index (χ2v) is 11.2. The lowest BCUT2D eigenvalue weighted by Gasteiger charge is -2.35. The Morgan fingerprint density at radius 3 is 2.55 bits per heavy atom. The molecule has 3 aliphatic rings. The lowest BCUT2D eigenvalue weighted by atomic mass is 10.0. The van der Waals surface area contributed by atoms with Crippen LogP contribution in [0.25, 0.3) is 5.65 Å². The Kier molecular flexibility index (Phi) is 8.21. The third kappa shape index (κ3) is 5.88. The number of hydrogen-bond acceptors (Lipinski definition) is 7. The van der Waals surface area contributed by atoms with Crippen LogP contribution in [-0.4, -0.2) is 95.1 Å². The van der Waals surface area contributed by atoms with E-state index in [4.69, 9.17) is 14.7 Å². The molecule has 0 atom stereocenters. The highest BCUT2D eigenvalue weighted by Gasteiger charge is 2.24. The van der Waals surface area contributed by atoms with Crippen LogP contribution in [0.5, 0.6) is 0 Å². The summed E-state index contributed by atoms with van der Waals surface area (Å²) in [6.07, 6.45) is 8.20. The average Bonchev–Trinajstić information content (AvgIpc) is 3.29. The van der Waals surface area contributed by atoms with Gasteiger partial charge in [0.05, 0.1) is 30.3 Å². The molecule has 2 saturated heterocycles. The number of pyridine rings is 2. The van der Waals surface area contributed by atoms with Gasteiger partial charge >= 0.3 is 0 Å². The molecule has 0 bridgehead atoms. The van der Waals surface area contributed by atoms with Gasteiger partial charge in [-0.25, -0.2) is 4.98 Å². The number of aryl methyl sites for hydroxylation is 1. The van der Waals surface area contributed by atoms with E-state index in [-0.39, 0.29) is 1.43 Å². The van der Waals surface area contributed by atoms with E-state index < -0.39 is 0 Å². The van der Waals surface area contributed by atoms with Crippen molar-refractivity contribution in [1.29, 1.82) is 0 Å². The number of hydrogen-bond donors (Lipinski definition) is 0. The van der Waals surface area contributed by atoms with Crippen LogP contribution in [0.1, 0.15) is 49.8 Å². The van der Waals surface area contributed by atoms with E-state index >= 15 is 0 Å². The van der Waals surface area contributed by atoms with E-state index in [1.54, 1.807) is 0 Å². The number of morpholine rings is 1. The molecule has 8 heteroatoms. The lowest BCUT2D eigenvalue weighted by molar-refractivity contribution is 0.0333. The number of nitrogens with zero attached hydrogens (tertiary/aromatic N) is 7. The van der Waals surface area contributed by atoms with Crippen LogP contribution < -0.4 is 4.90 Å². The Morgan fingerprint density at radius 1 is 0.842 bits per heavy atom. The number of likely N-dealkylation sites (N-methyl/N-ethyl adjacent to an activating group) is 1. The molecular weight excluding hydrogens is 474 g/mol. The van der Waals surface area contributed by atoms with Crippen LogP contribution in [0.3, 0.4) is 0 Å². The molecule has 0 aliphatic carbocycles. The summed E-state index contributed by atoms with van der Waals surface area (Å²) in [7, 11) is 2.22. The van der Waals surface area contributed by atoms with Crippen molar-refractivity contribution in [2.45, 2.75) is 51.7 Å². The topological polar surface area (TPSA) is 52.4 Å². The van der Waals surface area contributed by atoms with Gasteiger partial charge in [0, 0.05) is 66.5 Å². The third-order valence-electron chi connectivity index (χ3n) is 8.51. The maximum atomic E-state index is 5.68. The number of aromatic nitrogens is 3. The summed E-state index contributed by atoms with van der Waals surface area (Å²) in [6.45, 7) is 11.6. The zero-order valence-electron chi connectivity index (χ0n) is 23.0. The summed E-state index contributed by atoms with van der Waals surface area (Å²) in [5, 5.41) is 0. The van der Waals surface area contributed by atoms with Crippen LogP contribution in [0.15, 0.2) is 36.5 Å². The predicted octanol–water partition coefficient (Wildman–Crippen LogP) is 3.68. The van der Waals surface area contributed by atoms with Gasteiger partial charge in [0.25, 0.3) is 0 Å². The summed E-state index contributed by atoms with van der Waals surface area (Å²) in [5.41, 5.74) is 6.29. The van der Waals surface area contributed by atoms with Gasteiger partial charge in [-0.3, -0.25) is 19.2 Å². The molecule has 0 amide bonds. The second-order valence-electron chi connectivity index (χ2n) is 11.2. The molecule has 206 valence electrons. The number of anilines is 1. The van der Waals surface area contributed by atoms with E-state index in [1.165, 1.54) is 54.1 Å². The normalized spacial score (nSPS) is 21.0.